The van der Waals surface area contributed by atoms with Crippen molar-refractivity contribution < 1.29 is 13.2 Å². The van der Waals surface area contributed by atoms with E-state index in [4.69, 9.17) is 0 Å². The van der Waals surface area contributed by atoms with Gasteiger partial charge in [-0.15, -0.1) is 10.2 Å². The molecule has 1 aliphatic carbocycles. The fraction of sp³-hybridized carbons (Fsp3) is 0.286. The lowest BCUT2D eigenvalue weighted by atomic mass is 10.0. The molecule has 1 fully saturated rings. The second-order valence-corrected chi connectivity index (χ2v) is 8.36. The van der Waals surface area contributed by atoms with Gasteiger partial charge in [-0.1, -0.05) is 30.3 Å². The van der Waals surface area contributed by atoms with E-state index in [1.165, 1.54) is 12.8 Å². The molecule has 0 aliphatic heterocycles. The molecule has 0 saturated heterocycles. The number of thiol groups is 1. The number of hydrogen-bond donors (Lipinski definition) is 3. The van der Waals surface area contributed by atoms with Crippen LogP contribution in [0.3, 0.4) is 0 Å². The van der Waals surface area contributed by atoms with E-state index >= 15 is 0 Å². The summed E-state index contributed by atoms with van der Waals surface area (Å²) in [4.78, 5) is 11.0. The first kappa shape index (κ1) is 19.3. The number of anilines is 2. The fourth-order valence-electron chi connectivity index (χ4n) is 3.53. The number of nitrogens with one attached hydrogen (secondary N) is 2. The molecule has 4 rings (SSSR count). The number of benzene rings is 2. The zero-order valence-corrected chi connectivity index (χ0v) is 16.9. The largest absolute Gasteiger partial charge is 0.379 e. The average Bonchev–Trinajstić information content (AvgIpc) is 3.54. The number of fused-ring (bicyclic) bond motifs is 1. The van der Waals surface area contributed by atoms with Crippen molar-refractivity contribution in [2.45, 2.75) is 31.6 Å². The van der Waals surface area contributed by atoms with Crippen LogP contribution in [0.5, 0.6) is 0 Å². The van der Waals surface area contributed by atoms with Gasteiger partial charge in [-0.25, -0.2) is 8.42 Å². The van der Waals surface area contributed by atoms with E-state index in [0.717, 1.165) is 27.8 Å². The summed E-state index contributed by atoms with van der Waals surface area (Å²) >= 11 is 0. The number of aromatic nitrogens is 2. The molecule has 0 radical (unpaired) electrons. The summed E-state index contributed by atoms with van der Waals surface area (Å²) in [6.07, 6.45) is 3.01. The van der Waals surface area contributed by atoms with Gasteiger partial charge in [0.15, 0.2) is 5.82 Å². The summed E-state index contributed by atoms with van der Waals surface area (Å²) in [5.41, 5.74) is 4.05. The topological polar surface area (TPSA) is 101 Å². The minimum atomic E-state index is -2.47. The van der Waals surface area contributed by atoms with Gasteiger partial charge in [0.1, 0.15) is 10.7 Å². The third-order valence-corrected chi connectivity index (χ3v) is 5.85. The van der Waals surface area contributed by atoms with Crippen LogP contribution in [-0.2, 0) is 21.3 Å². The predicted octanol–water partition coefficient (Wildman–Crippen LogP) is 3.19. The molecule has 7 nitrogen and oxygen atoms in total. The van der Waals surface area contributed by atoms with E-state index in [0.29, 0.717) is 23.7 Å². The summed E-state index contributed by atoms with van der Waals surface area (Å²) in [6.45, 7) is 2.13. The van der Waals surface area contributed by atoms with E-state index in [9.17, 15) is 13.2 Å². The fourth-order valence-corrected chi connectivity index (χ4v) is 4.02. The van der Waals surface area contributed by atoms with E-state index in [2.05, 4.69) is 27.8 Å². The Labute approximate surface area is 170 Å². The molecule has 1 amide bonds. The number of nitrogens with zero attached hydrogens (tertiary/aromatic N) is 2. The summed E-state index contributed by atoms with van der Waals surface area (Å²) in [7, 11) is -2.47. The minimum Gasteiger partial charge on any atom is -0.379 e. The van der Waals surface area contributed by atoms with E-state index in [-0.39, 0.29) is 11.8 Å². The highest BCUT2D eigenvalue weighted by Crippen LogP contribution is 2.37. The van der Waals surface area contributed by atoms with Gasteiger partial charge in [0, 0.05) is 11.4 Å². The lowest BCUT2D eigenvalue weighted by molar-refractivity contribution is -0.105. The Bertz CT molecular complexity index is 1130. The highest BCUT2D eigenvalue weighted by Gasteiger charge is 2.29. The van der Waals surface area contributed by atoms with Crippen molar-refractivity contribution in [3.63, 3.8) is 0 Å². The SMILES string of the molecule is C[C@@H](Nc1c(NC=O)nnc2cc(-c3cccc(C[SH](=O)=O)c3)ccc12)C1CC1. The maximum absolute atomic E-state index is 11.0. The van der Waals surface area contributed by atoms with Crippen LogP contribution in [0.25, 0.3) is 22.0 Å². The van der Waals surface area contributed by atoms with Gasteiger partial charge < -0.3 is 10.6 Å². The first-order valence-electron chi connectivity index (χ1n) is 9.53. The van der Waals surface area contributed by atoms with Crippen molar-refractivity contribution in [2.24, 2.45) is 5.92 Å². The van der Waals surface area contributed by atoms with Crippen molar-refractivity contribution in [2.75, 3.05) is 10.6 Å². The molecule has 150 valence electrons. The molecule has 3 aromatic rings. The van der Waals surface area contributed by atoms with Gasteiger partial charge in [0.25, 0.3) is 0 Å². The smallest absolute Gasteiger partial charge is 0.212 e. The molecule has 0 spiro atoms. The molecule has 1 atom stereocenters. The minimum absolute atomic E-state index is 0.0183. The standard InChI is InChI=1S/C21H22N4O3S/c1-13(15-5-6-15)23-20-18-8-7-17(10-19(18)24-25-21(20)22-12-26)16-4-2-3-14(9-16)11-29(27)28/h2-4,7-10,12-13,15,29H,5-6,11H2,1H3,(H,23,24)(H,22,25,26)/t13-/m1/s1. The van der Waals surface area contributed by atoms with Crippen molar-refractivity contribution in [1.29, 1.82) is 0 Å². The summed E-state index contributed by atoms with van der Waals surface area (Å²) in [5, 5.41) is 15.5. The zero-order valence-electron chi connectivity index (χ0n) is 16.0. The summed E-state index contributed by atoms with van der Waals surface area (Å²) in [6, 6.07) is 13.6. The van der Waals surface area contributed by atoms with Gasteiger partial charge in [0.05, 0.1) is 17.0 Å². The second kappa shape index (κ2) is 8.16. The van der Waals surface area contributed by atoms with Crippen LogP contribution in [0.4, 0.5) is 11.5 Å². The van der Waals surface area contributed by atoms with Crippen molar-refractivity contribution >= 4 is 39.5 Å². The Hall–Kier alpha value is -3.00. The Morgan fingerprint density at radius 3 is 2.66 bits per heavy atom. The third kappa shape index (κ3) is 4.37. The van der Waals surface area contributed by atoms with Gasteiger partial charge in [0.2, 0.25) is 6.41 Å². The molecule has 29 heavy (non-hydrogen) atoms. The number of amides is 1. The van der Waals surface area contributed by atoms with Gasteiger partial charge >= 0.3 is 0 Å². The van der Waals surface area contributed by atoms with Crippen molar-refractivity contribution in [3.05, 3.63) is 48.0 Å². The number of hydrogen-bond acceptors (Lipinski definition) is 6. The van der Waals surface area contributed by atoms with Crippen molar-refractivity contribution in [1.82, 2.24) is 10.2 Å². The van der Waals surface area contributed by atoms with Crippen LogP contribution in [0.2, 0.25) is 0 Å². The van der Waals surface area contributed by atoms with Crippen LogP contribution >= 0.6 is 0 Å². The summed E-state index contributed by atoms with van der Waals surface area (Å²) < 4.78 is 22.1. The zero-order chi connectivity index (χ0) is 20.4. The number of carbonyl (C=O) groups excluding carboxylic acids is 1. The molecular weight excluding hydrogens is 388 g/mol. The van der Waals surface area contributed by atoms with E-state index in [1.54, 1.807) is 6.07 Å². The van der Waals surface area contributed by atoms with Crippen LogP contribution in [0, 0.1) is 5.92 Å². The molecule has 1 aromatic heterocycles. The average molecular weight is 410 g/mol. The third-order valence-electron chi connectivity index (χ3n) is 5.23. The Morgan fingerprint density at radius 1 is 1.14 bits per heavy atom. The molecule has 1 heterocycles. The normalized spacial score (nSPS) is 14.7. The van der Waals surface area contributed by atoms with Crippen LogP contribution in [-0.4, -0.2) is 31.1 Å². The van der Waals surface area contributed by atoms with Crippen LogP contribution < -0.4 is 10.6 Å². The molecule has 1 saturated carbocycles. The van der Waals surface area contributed by atoms with Gasteiger partial charge in [-0.3, -0.25) is 4.79 Å². The number of carbonyl (C=O) groups is 1. The molecule has 8 heteroatoms. The summed E-state index contributed by atoms with van der Waals surface area (Å²) in [5.74, 6) is 1.07. The highest BCUT2D eigenvalue weighted by atomic mass is 32.2. The molecule has 1 aliphatic rings. The maximum atomic E-state index is 11.0. The lowest BCUT2D eigenvalue weighted by Gasteiger charge is -2.18. The van der Waals surface area contributed by atoms with Gasteiger partial charge in [-0.2, -0.15) is 0 Å². The Morgan fingerprint density at radius 2 is 1.93 bits per heavy atom. The van der Waals surface area contributed by atoms with Crippen LogP contribution in [0.15, 0.2) is 42.5 Å². The highest BCUT2D eigenvalue weighted by molar-refractivity contribution is 7.71. The van der Waals surface area contributed by atoms with E-state index in [1.807, 2.05) is 36.4 Å². The maximum Gasteiger partial charge on any atom is 0.212 e. The lowest BCUT2D eigenvalue weighted by Crippen LogP contribution is -2.19. The molecule has 0 unspecified atom stereocenters. The quantitative estimate of drug-likeness (QED) is 0.389. The Balaban J connectivity index is 1.74. The first-order valence-corrected chi connectivity index (χ1v) is 10.9. The molecule has 2 aromatic carbocycles. The molecule has 0 bridgehead atoms. The van der Waals surface area contributed by atoms with Crippen LogP contribution in [0.1, 0.15) is 25.3 Å². The van der Waals surface area contributed by atoms with E-state index < -0.39 is 10.7 Å². The predicted molar refractivity (Wildman–Crippen MR) is 114 cm³/mol. The van der Waals surface area contributed by atoms with Gasteiger partial charge in [-0.05, 0) is 54.5 Å². The van der Waals surface area contributed by atoms with Crippen molar-refractivity contribution in [3.8, 4) is 11.1 Å². The molecule has 2 N–H and O–H groups in total. The first-order chi connectivity index (χ1) is 14.0. The number of rotatable bonds is 8. The monoisotopic (exact) mass is 410 g/mol. The molecular formula is C21H22N4O3S. The second-order valence-electron chi connectivity index (χ2n) is 7.38. The Kier molecular flexibility index (Phi) is 5.44.